The Hall–Kier alpha value is -2.69. The lowest BCUT2D eigenvalue weighted by atomic mass is 9.95. The van der Waals surface area contributed by atoms with Gasteiger partial charge in [0.1, 0.15) is 17.6 Å². The number of aromatic nitrogens is 1. The normalized spacial score (nSPS) is 17.5. The Kier molecular flexibility index (Phi) is 3.67. The lowest BCUT2D eigenvalue weighted by Crippen LogP contribution is -2.24. The summed E-state index contributed by atoms with van der Waals surface area (Å²) >= 11 is 0. The van der Waals surface area contributed by atoms with Gasteiger partial charge in [-0.25, -0.2) is 8.78 Å². The number of carbonyl (C=O) groups excluding carboxylic acids is 1. The van der Waals surface area contributed by atoms with E-state index in [1.807, 2.05) is 0 Å². The van der Waals surface area contributed by atoms with E-state index in [9.17, 15) is 26.7 Å². The number of Topliss-reactive ketones (excluding diaryl/α,β-unsaturated/α-hetero) is 1. The van der Waals surface area contributed by atoms with Crippen molar-refractivity contribution in [2.75, 3.05) is 0 Å². The molecule has 0 N–H and O–H groups in total. The number of benzene rings is 1. The van der Waals surface area contributed by atoms with Gasteiger partial charge in [-0.3, -0.25) is 4.79 Å². The summed E-state index contributed by atoms with van der Waals surface area (Å²) in [4.78, 5) is 11.8. The topological polar surface area (TPSA) is 45.8 Å². The number of halogens is 5. The molecular weight excluding hydrogens is 331 g/mol. The average Bonchev–Trinajstić information content (AvgIpc) is 2.92. The molecule has 1 heterocycles. The van der Waals surface area contributed by atoms with Crippen LogP contribution in [0.15, 0.2) is 24.3 Å². The second kappa shape index (κ2) is 5.44. The highest BCUT2D eigenvalue weighted by Gasteiger charge is 2.40. The van der Waals surface area contributed by atoms with E-state index in [0.717, 1.165) is 22.8 Å². The van der Waals surface area contributed by atoms with Gasteiger partial charge in [0.25, 0.3) is 0 Å². The fourth-order valence-electron chi connectivity index (χ4n) is 2.82. The SMILES string of the molecule is N#Cc1cc(-n2c(C(F)(F)F)cc3c2CCC(F)C3=O)ccc1F. The van der Waals surface area contributed by atoms with Crippen LogP contribution in [0.1, 0.15) is 33.7 Å². The quantitative estimate of drug-likeness (QED) is 0.738. The molecule has 0 bridgehead atoms. The number of alkyl halides is 4. The number of hydrogen-bond acceptors (Lipinski definition) is 2. The lowest BCUT2D eigenvalue weighted by molar-refractivity contribution is -0.142. The van der Waals surface area contributed by atoms with Gasteiger partial charge in [0.05, 0.1) is 5.56 Å². The maximum absolute atomic E-state index is 13.5. The van der Waals surface area contributed by atoms with Crippen LogP contribution in [0.2, 0.25) is 0 Å². The Morgan fingerprint density at radius 1 is 1.25 bits per heavy atom. The predicted molar refractivity (Wildman–Crippen MR) is 73.0 cm³/mol. The van der Waals surface area contributed by atoms with Crippen molar-refractivity contribution in [2.24, 2.45) is 0 Å². The molecule has 0 fully saturated rings. The number of ketones is 1. The summed E-state index contributed by atoms with van der Waals surface area (Å²) in [6.45, 7) is 0. The summed E-state index contributed by atoms with van der Waals surface area (Å²) in [5.74, 6) is -1.86. The van der Waals surface area contributed by atoms with Crippen molar-refractivity contribution in [2.45, 2.75) is 25.2 Å². The van der Waals surface area contributed by atoms with E-state index in [0.29, 0.717) is 6.07 Å². The lowest BCUT2D eigenvalue weighted by Gasteiger charge is -2.19. The van der Waals surface area contributed by atoms with E-state index >= 15 is 0 Å². The van der Waals surface area contributed by atoms with Gasteiger partial charge in [-0.1, -0.05) is 0 Å². The molecule has 1 unspecified atom stereocenters. The Bertz CT molecular complexity index is 876. The first-order valence-corrected chi connectivity index (χ1v) is 6.94. The van der Waals surface area contributed by atoms with Crippen LogP contribution in [0.3, 0.4) is 0 Å². The number of carbonyl (C=O) groups is 1. The van der Waals surface area contributed by atoms with Crippen LogP contribution in [0.25, 0.3) is 5.69 Å². The molecule has 0 spiro atoms. The molecule has 1 aromatic carbocycles. The third kappa shape index (κ3) is 2.46. The number of fused-ring (bicyclic) bond motifs is 1. The van der Waals surface area contributed by atoms with E-state index in [4.69, 9.17) is 5.26 Å². The molecule has 0 amide bonds. The van der Waals surface area contributed by atoms with Crippen molar-refractivity contribution in [3.8, 4) is 11.8 Å². The molecule has 1 aliphatic carbocycles. The Morgan fingerprint density at radius 3 is 2.58 bits per heavy atom. The standard InChI is InChI=1S/C16H9F5N2O/c17-11-2-1-9(5-8(11)7-22)23-13-4-3-12(18)15(24)10(13)6-14(23)16(19,20)21/h1-2,5-6,12H,3-4H2. The van der Waals surface area contributed by atoms with Gasteiger partial charge in [0.15, 0.2) is 12.0 Å². The van der Waals surface area contributed by atoms with Gasteiger partial charge in [-0.2, -0.15) is 18.4 Å². The molecule has 0 saturated carbocycles. The fourth-order valence-corrected chi connectivity index (χ4v) is 2.82. The summed E-state index contributed by atoms with van der Waals surface area (Å²) in [6, 6.07) is 5.09. The highest BCUT2D eigenvalue weighted by Crippen LogP contribution is 2.38. The van der Waals surface area contributed by atoms with Gasteiger partial charge < -0.3 is 4.57 Å². The number of nitrogens with zero attached hydrogens (tertiary/aromatic N) is 2. The minimum Gasteiger partial charge on any atom is -0.309 e. The number of hydrogen-bond donors (Lipinski definition) is 0. The number of rotatable bonds is 1. The second-order valence-corrected chi connectivity index (χ2v) is 5.37. The Balaban J connectivity index is 2.30. The van der Waals surface area contributed by atoms with E-state index in [1.54, 1.807) is 6.07 Å². The average molecular weight is 340 g/mol. The summed E-state index contributed by atoms with van der Waals surface area (Å²) in [7, 11) is 0. The van der Waals surface area contributed by atoms with Crippen LogP contribution in [0, 0.1) is 17.1 Å². The maximum Gasteiger partial charge on any atom is 0.431 e. The van der Waals surface area contributed by atoms with Crippen LogP contribution in [-0.4, -0.2) is 16.5 Å². The van der Waals surface area contributed by atoms with Gasteiger partial charge in [-0.15, -0.1) is 0 Å². The molecule has 1 aliphatic rings. The van der Waals surface area contributed by atoms with Gasteiger partial charge in [0, 0.05) is 16.9 Å². The summed E-state index contributed by atoms with van der Waals surface area (Å²) in [6.07, 6.45) is -6.93. The molecular formula is C16H9F5N2O. The molecule has 3 rings (SSSR count). The minimum absolute atomic E-state index is 0.0109. The predicted octanol–water partition coefficient (Wildman–Crippen LogP) is 3.97. The van der Waals surface area contributed by atoms with E-state index in [-0.39, 0.29) is 29.8 Å². The molecule has 8 heteroatoms. The molecule has 1 aromatic heterocycles. The number of nitriles is 1. The van der Waals surface area contributed by atoms with Crippen molar-refractivity contribution in [3.63, 3.8) is 0 Å². The molecule has 0 aliphatic heterocycles. The Morgan fingerprint density at radius 2 is 1.96 bits per heavy atom. The first kappa shape index (κ1) is 16.2. The van der Waals surface area contributed by atoms with Crippen molar-refractivity contribution in [1.29, 1.82) is 5.26 Å². The molecule has 3 nitrogen and oxygen atoms in total. The van der Waals surface area contributed by atoms with Crippen molar-refractivity contribution in [3.05, 3.63) is 52.6 Å². The molecule has 0 saturated heterocycles. The van der Waals surface area contributed by atoms with E-state index < -0.39 is 35.2 Å². The van der Waals surface area contributed by atoms with Crippen molar-refractivity contribution >= 4 is 5.78 Å². The summed E-state index contributed by atoms with van der Waals surface area (Å²) in [5.41, 5.74) is -2.01. The first-order valence-electron chi connectivity index (χ1n) is 6.94. The minimum atomic E-state index is -4.80. The maximum atomic E-state index is 13.5. The Labute approximate surface area is 132 Å². The fraction of sp³-hybridized carbons (Fsp3) is 0.250. The molecule has 24 heavy (non-hydrogen) atoms. The largest absolute Gasteiger partial charge is 0.431 e. The van der Waals surface area contributed by atoms with E-state index in [2.05, 4.69) is 0 Å². The summed E-state index contributed by atoms with van der Waals surface area (Å²) in [5, 5.41) is 8.86. The van der Waals surface area contributed by atoms with Crippen molar-refractivity contribution in [1.82, 2.24) is 4.57 Å². The monoisotopic (exact) mass is 340 g/mol. The van der Waals surface area contributed by atoms with Crippen LogP contribution < -0.4 is 0 Å². The highest BCUT2D eigenvalue weighted by molar-refractivity contribution is 6.02. The van der Waals surface area contributed by atoms with Crippen molar-refractivity contribution < 1.29 is 26.7 Å². The van der Waals surface area contributed by atoms with Gasteiger partial charge in [-0.05, 0) is 37.1 Å². The molecule has 1 atom stereocenters. The van der Waals surface area contributed by atoms with Gasteiger partial charge in [0.2, 0.25) is 0 Å². The first-order chi connectivity index (χ1) is 11.2. The highest BCUT2D eigenvalue weighted by atomic mass is 19.4. The van der Waals surface area contributed by atoms with E-state index in [1.165, 1.54) is 0 Å². The van der Waals surface area contributed by atoms with Crippen LogP contribution in [0.4, 0.5) is 22.0 Å². The molecule has 124 valence electrons. The van der Waals surface area contributed by atoms with Crippen LogP contribution in [-0.2, 0) is 12.6 Å². The zero-order valence-electron chi connectivity index (χ0n) is 12.0. The zero-order chi connectivity index (χ0) is 17.6. The molecule has 0 radical (unpaired) electrons. The van der Waals surface area contributed by atoms with Gasteiger partial charge >= 0.3 is 6.18 Å². The van der Waals surface area contributed by atoms with Crippen LogP contribution >= 0.6 is 0 Å². The third-order valence-corrected chi connectivity index (χ3v) is 3.91. The second-order valence-electron chi connectivity index (χ2n) is 5.37. The van der Waals surface area contributed by atoms with Crippen LogP contribution in [0.5, 0.6) is 0 Å². The third-order valence-electron chi connectivity index (χ3n) is 3.91. The summed E-state index contributed by atoms with van der Waals surface area (Å²) < 4.78 is 67.7. The smallest absolute Gasteiger partial charge is 0.309 e. The zero-order valence-corrected chi connectivity index (χ0v) is 12.0. The molecule has 2 aromatic rings.